The summed E-state index contributed by atoms with van der Waals surface area (Å²) in [6.45, 7) is 5.73. The van der Waals surface area contributed by atoms with Crippen LogP contribution in [0.25, 0.3) is 0 Å². The van der Waals surface area contributed by atoms with Crippen LogP contribution in [0.5, 0.6) is 0 Å². The van der Waals surface area contributed by atoms with Gasteiger partial charge in [0, 0.05) is 51.5 Å². The first-order valence-corrected chi connectivity index (χ1v) is 11.6. The molecule has 0 spiro atoms. The van der Waals surface area contributed by atoms with E-state index >= 15 is 8.78 Å². The smallest absolute Gasteiger partial charge is 0.216 e. The van der Waals surface area contributed by atoms with Gasteiger partial charge in [-0.15, -0.1) is 0 Å². The molecule has 34 heavy (non-hydrogen) atoms. The molecule has 1 aromatic carbocycles. The zero-order valence-corrected chi connectivity index (χ0v) is 19.9. The highest BCUT2D eigenvalue weighted by Gasteiger charge is 2.32. The van der Waals surface area contributed by atoms with Gasteiger partial charge in [-0.2, -0.15) is 0 Å². The summed E-state index contributed by atoms with van der Waals surface area (Å²) in [5, 5.41) is 4.51. The van der Waals surface area contributed by atoms with Crippen LogP contribution in [0.3, 0.4) is 0 Å². The molecule has 4 rings (SSSR count). The van der Waals surface area contributed by atoms with Gasteiger partial charge in [0.05, 0.1) is 18.3 Å². The third-order valence-corrected chi connectivity index (χ3v) is 6.29. The van der Waals surface area contributed by atoms with E-state index in [4.69, 9.17) is 17.0 Å². The Morgan fingerprint density at radius 2 is 2.03 bits per heavy atom. The van der Waals surface area contributed by atoms with Crippen molar-refractivity contribution in [3.63, 3.8) is 0 Å². The van der Waals surface area contributed by atoms with Crippen LogP contribution in [0.1, 0.15) is 19.5 Å². The number of aromatic nitrogens is 1. The van der Waals surface area contributed by atoms with Crippen molar-refractivity contribution in [3.8, 4) is 0 Å². The van der Waals surface area contributed by atoms with Gasteiger partial charge in [0.2, 0.25) is 5.91 Å². The summed E-state index contributed by atoms with van der Waals surface area (Å²) >= 11 is 5.53. The minimum absolute atomic E-state index is 0.0567. The Labute approximate surface area is 202 Å². The van der Waals surface area contributed by atoms with Crippen LogP contribution in [0.2, 0.25) is 0 Å². The highest BCUT2D eigenvalue weighted by atomic mass is 32.1. The molecule has 1 amide bonds. The van der Waals surface area contributed by atoms with Gasteiger partial charge in [-0.1, -0.05) is 18.3 Å². The molecule has 2 N–H and O–H groups in total. The van der Waals surface area contributed by atoms with Gasteiger partial charge < -0.3 is 19.9 Å². The molecule has 2 aliphatic rings. The van der Waals surface area contributed by atoms with E-state index in [0.717, 1.165) is 0 Å². The summed E-state index contributed by atoms with van der Waals surface area (Å²) in [5.41, 5.74) is 4.23. The van der Waals surface area contributed by atoms with Gasteiger partial charge in [0.25, 0.3) is 0 Å². The number of nitrogens with one attached hydrogen (secondary N) is 2. The average Bonchev–Trinajstić information content (AvgIpc) is 3.02. The summed E-state index contributed by atoms with van der Waals surface area (Å²) in [6.07, 6.45) is 1.05. The third-order valence-electron chi connectivity index (χ3n) is 5.86. The van der Waals surface area contributed by atoms with Crippen molar-refractivity contribution in [1.82, 2.24) is 20.7 Å². The number of rotatable bonds is 5. The molecule has 0 radical (unpaired) electrons. The SMILES string of the molecule is CC(=O)NC[C@H]1CN(c2cc(F)c(N3CCNN(C(=S)c4ccccn4)CC3)c(F)c2)C(C)O1. The van der Waals surface area contributed by atoms with E-state index in [1.807, 2.05) is 25.1 Å². The van der Waals surface area contributed by atoms with E-state index in [1.165, 1.54) is 19.1 Å². The zero-order chi connectivity index (χ0) is 24.2. The highest BCUT2D eigenvalue weighted by Crippen LogP contribution is 2.32. The Balaban J connectivity index is 1.45. The van der Waals surface area contributed by atoms with Gasteiger partial charge in [0.15, 0.2) is 11.6 Å². The van der Waals surface area contributed by atoms with Crippen LogP contribution in [0.15, 0.2) is 36.5 Å². The molecule has 2 saturated heterocycles. The fraction of sp³-hybridized carbons (Fsp3) is 0.435. The van der Waals surface area contributed by atoms with Gasteiger partial charge in [-0.05, 0) is 31.2 Å². The van der Waals surface area contributed by atoms with Gasteiger partial charge in [-0.3, -0.25) is 14.8 Å². The van der Waals surface area contributed by atoms with Crippen molar-refractivity contribution in [2.75, 3.05) is 49.1 Å². The quantitative estimate of drug-likeness (QED) is 0.618. The molecule has 1 unspecified atom stereocenters. The number of carbonyl (C=O) groups excluding carboxylic acids is 1. The lowest BCUT2D eigenvalue weighted by Gasteiger charge is -2.27. The number of ether oxygens (including phenoxy) is 1. The van der Waals surface area contributed by atoms with Crippen molar-refractivity contribution in [2.24, 2.45) is 0 Å². The van der Waals surface area contributed by atoms with Gasteiger partial charge in [0.1, 0.15) is 16.9 Å². The summed E-state index contributed by atoms with van der Waals surface area (Å²) in [6, 6.07) is 8.19. The molecule has 2 aliphatic heterocycles. The number of benzene rings is 1. The lowest BCUT2D eigenvalue weighted by molar-refractivity contribution is -0.119. The van der Waals surface area contributed by atoms with Crippen molar-refractivity contribution >= 4 is 34.5 Å². The van der Waals surface area contributed by atoms with Gasteiger partial charge in [-0.25, -0.2) is 14.2 Å². The lowest BCUT2D eigenvalue weighted by atomic mass is 10.2. The molecular formula is C23H28F2N6O2S. The predicted octanol–water partition coefficient (Wildman–Crippen LogP) is 2.05. The normalized spacial score (nSPS) is 20.9. The van der Waals surface area contributed by atoms with Gasteiger partial charge >= 0.3 is 0 Å². The standard InChI is InChI=1S/C23H28F2N6O2S/c1-15(32)27-13-18-14-30(16(2)33-18)17-11-19(24)22(20(25)12-17)29-8-7-28-31(10-9-29)23(34)21-5-3-4-6-26-21/h3-6,11-12,16,18,28H,7-10,13-14H2,1-2H3,(H,27,32)/t16?,18-/m0/s1. The molecule has 1 aromatic heterocycles. The van der Waals surface area contributed by atoms with E-state index in [9.17, 15) is 4.79 Å². The number of amides is 1. The first-order valence-electron chi connectivity index (χ1n) is 11.2. The second-order valence-corrected chi connectivity index (χ2v) is 8.66. The molecule has 0 saturated carbocycles. The second-order valence-electron chi connectivity index (χ2n) is 8.27. The molecule has 11 heteroatoms. The largest absolute Gasteiger partial charge is 0.364 e. The lowest BCUT2D eigenvalue weighted by Crippen LogP contribution is -2.43. The van der Waals surface area contributed by atoms with Crippen LogP contribution < -0.4 is 20.5 Å². The summed E-state index contributed by atoms with van der Waals surface area (Å²) in [7, 11) is 0. The van der Waals surface area contributed by atoms with E-state index in [0.29, 0.717) is 55.6 Å². The highest BCUT2D eigenvalue weighted by molar-refractivity contribution is 7.80. The van der Waals surface area contributed by atoms with Crippen molar-refractivity contribution in [1.29, 1.82) is 0 Å². The topological polar surface area (TPSA) is 73.0 Å². The Kier molecular flexibility index (Phi) is 7.54. The van der Waals surface area contributed by atoms with Crippen molar-refractivity contribution < 1.29 is 18.3 Å². The number of hydrogen-bond acceptors (Lipinski definition) is 7. The monoisotopic (exact) mass is 490 g/mol. The number of hydrazine groups is 1. The predicted molar refractivity (Wildman–Crippen MR) is 130 cm³/mol. The maximum absolute atomic E-state index is 15.2. The van der Waals surface area contributed by atoms with Crippen LogP contribution in [0, 0.1) is 11.6 Å². The molecule has 182 valence electrons. The average molecular weight is 491 g/mol. The van der Waals surface area contributed by atoms with Crippen LogP contribution in [-0.4, -0.2) is 72.5 Å². The van der Waals surface area contributed by atoms with Crippen molar-refractivity contribution in [3.05, 3.63) is 53.9 Å². The number of hydrogen-bond donors (Lipinski definition) is 2. The molecular weight excluding hydrogens is 462 g/mol. The first-order chi connectivity index (χ1) is 16.3. The van der Waals surface area contributed by atoms with Crippen molar-refractivity contribution in [2.45, 2.75) is 26.2 Å². The van der Waals surface area contributed by atoms with E-state index in [2.05, 4.69) is 15.7 Å². The summed E-state index contributed by atoms with van der Waals surface area (Å²) < 4.78 is 36.2. The Morgan fingerprint density at radius 3 is 2.71 bits per heavy atom. The number of pyridine rings is 1. The maximum atomic E-state index is 15.2. The molecule has 2 atom stereocenters. The number of halogens is 2. The van der Waals surface area contributed by atoms with E-state index < -0.39 is 11.6 Å². The van der Waals surface area contributed by atoms with E-state index in [-0.39, 0.29) is 23.9 Å². The number of carbonyl (C=O) groups is 1. The maximum Gasteiger partial charge on any atom is 0.216 e. The molecule has 8 nitrogen and oxygen atoms in total. The Morgan fingerprint density at radius 1 is 1.26 bits per heavy atom. The number of thiocarbonyl (C=S) groups is 1. The summed E-state index contributed by atoms with van der Waals surface area (Å²) in [4.78, 5) is 19.5. The Hall–Kier alpha value is -2.89. The fourth-order valence-corrected chi connectivity index (χ4v) is 4.50. The second kappa shape index (κ2) is 10.6. The molecule has 2 fully saturated rings. The molecule has 0 aliphatic carbocycles. The van der Waals surface area contributed by atoms with E-state index in [1.54, 1.807) is 21.0 Å². The minimum atomic E-state index is -0.631. The summed E-state index contributed by atoms with van der Waals surface area (Å²) in [5.74, 6) is -1.41. The van der Waals surface area contributed by atoms with Crippen LogP contribution >= 0.6 is 12.2 Å². The Bertz CT molecular complexity index is 1020. The zero-order valence-electron chi connectivity index (χ0n) is 19.1. The number of anilines is 2. The molecule has 3 heterocycles. The third kappa shape index (κ3) is 5.43. The number of nitrogens with zero attached hydrogens (tertiary/aromatic N) is 4. The molecule has 0 bridgehead atoms. The minimum Gasteiger partial charge on any atom is -0.364 e. The van der Waals surface area contributed by atoms with Crippen LogP contribution in [0.4, 0.5) is 20.2 Å². The van der Waals surface area contributed by atoms with Crippen LogP contribution in [-0.2, 0) is 9.53 Å². The molecule has 2 aromatic rings. The fourth-order valence-electron chi connectivity index (χ4n) is 4.22. The first kappa shape index (κ1) is 24.2.